The maximum absolute atomic E-state index is 3.61. The summed E-state index contributed by atoms with van der Waals surface area (Å²) in [5, 5.41) is 3.61. The van der Waals surface area contributed by atoms with Gasteiger partial charge in [-0.2, -0.15) is 0 Å². The first kappa shape index (κ1) is 9.99. The number of hydrogen-bond donors (Lipinski definition) is 1. The number of anilines is 1. The SMILES string of the molecule is Cc1ccc2c(c1)C(C1CC3CCC1C3)CN2. The molecule has 2 fully saturated rings. The smallest absolute Gasteiger partial charge is 0.0376 e. The van der Waals surface area contributed by atoms with Crippen molar-refractivity contribution in [2.24, 2.45) is 17.8 Å². The Morgan fingerprint density at radius 2 is 2.12 bits per heavy atom. The number of rotatable bonds is 1. The first-order valence-corrected chi connectivity index (χ1v) is 7.15. The number of fused-ring (bicyclic) bond motifs is 3. The minimum Gasteiger partial charge on any atom is -0.384 e. The quantitative estimate of drug-likeness (QED) is 0.766. The molecule has 0 saturated heterocycles. The van der Waals surface area contributed by atoms with Crippen LogP contribution >= 0.6 is 0 Å². The maximum atomic E-state index is 3.61. The van der Waals surface area contributed by atoms with Crippen LogP contribution < -0.4 is 5.32 Å². The Hall–Kier alpha value is -0.980. The Kier molecular flexibility index (Phi) is 2.06. The van der Waals surface area contributed by atoms with E-state index in [2.05, 4.69) is 30.4 Å². The summed E-state index contributed by atoms with van der Waals surface area (Å²) >= 11 is 0. The summed E-state index contributed by atoms with van der Waals surface area (Å²) in [6, 6.07) is 6.93. The van der Waals surface area contributed by atoms with E-state index in [9.17, 15) is 0 Å². The van der Waals surface area contributed by atoms with Crippen molar-refractivity contribution in [1.82, 2.24) is 0 Å². The summed E-state index contributed by atoms with van der Waals surface area (Å²) in [6.45, 7) is 3.41. The molecular formula is C16H21N. The number of nitrogens with one attached hydrogen (secondary N) is 1. The molecule has 2 aliphatic carbocycles. The van der Waals surface area contributed by atoms with Gasteiger partial charge >= 0.3 is 0 Å². The van der Waals surface area contributed by atoms with Crippen molar-refractivity contribution in [3.8, 4) is 0 Å². The second kappa shape index (κ2) is 3.51. The van der Waals surface area contributed by atoms with Gasteiger partial charge in [-0.05, 0) is 55.6 Å². The first-order chi connectivity index (χ1) is 8.31. The van der Waals surface area contributed by atoms with Crippen molar-refractivity contribution in [2.75, 3.05) is 11.9 Å². The summed E-state index contributed by atoms with van der Waals surface area (Å²) in [7, 11) is 0. The second-order valence-corrected chi connectivity index (χ2v) is 6.42. The summed E-state index contributed by atoms with van der Waals surface area (Å²) in [5.41, 5.74) is 4.44. The molecule has 1 aromatic carbocycles. The Labute approximate surface area is 104 Å². The minimum absolute atomic E-state index is 0.806. The molecule has 1 nitrogen and oxygen atoms in total. The molecule has 4 atom stereocenters. The highest BCUT2D eigenvalue weighted by Crippen LogP contribution is 2.55. The first-order valence-electron chi connectivity index (χ1n) is 7.15. The van der Waals surface area contributed by atoms with Gasteiger partial charge in [0.15, 0.2) is 0 Å². The van der Waals surface area contributed by atoms with E-state index in [4.69, 9.17) is 0 Å². The lowest BCUT2D eigenvalue weighted by Gasteiger charge is -2.27. The second-order valence-electron chi connectivity index (χ2n) is 6.42. The molecular weight excluding hydrogens is 206 g/mol. The van der Waals surface area contributed by atoms with Crippen molar-refractivity contribution in [2.45, 2.75) is 38.5 Å². The average Bonchev–Trinajstić information content (AvgIpc) is 3.01. The van der Waals surface area contributed by atoms with Gasteiger partial charge in [-0.1, -0.05) is 24.1 Å². The van der Waals surface area contributed by atoms with E-state index in [0.717, 1.165) is 23.7 Å². The molecule has 2 bridgehead atoms. The highest BCUT2D eigenvalue weighted by molar-refractivity contribution is 5.59. The highest BCUT2D eigenvalue weighted by Gasteiger charge is 2.44. The van der Waals surface area contributed by atoms with Crippen molar-refractivity contribution < 1.29 is 0 Å². The van der Waals surface area contributed by atoms with Gasteiger partial charge in [-0.3, -0.25) is 0 Å². The van der Waals surface area contributed by atoms with Crippen molar-refractivity contribution in [3.05, 3.63) is 29.3 Å². The van der Waals surface area contributed by atoms with Crippen LogP contribution in [-0.2, 0) is 0 Å². The van der Waals surface area contributed by atoms with Crippen molar-refractivity contribution in [3.63, 3.8) is 0 Å². The molecule has 17 heavy (non-hydrogen) atoms. The summed E-state index contributed by atoms with van der Waals surface area (Å²) < 4.78 is 0. The van der Waals surface area contributed by atoms with Gasteiger partial charge in [0.05, 0.1) is 0 Å². The van der Waals surface area contributed by atoms with E-state index in [1.54, 1.807) is 5.56 Å². The number of aryl methyl sites for hydroxylation is 1. The third-order valence-electron chi connectivity index (χ3n) is 5.43. The van der Waals surface area contributed by atoms with E-state index in [1.165, 1.54) is 43.5 Å². The fourth-order valence-electron chi connectivity index (χ4n) is 4.65. The molecule has 4 unspecified atom stereocenters. The van der Waals surface area contributed by atoms with Crippen LogP contribution in [0, 0.1) is 24.7 Å². The van der Waals surface area contributed by atoms with E-state index >= 15 is 0 Å². The van der Waals surface area contributed by atoms with Gasteiger partial charge in [0.1, 0.15) is 0 Å². The summed E-state index contributed by atoms with van der Waals surface area (Å²) in [6.07, 6.45) is 6.06. The van der Waals surface area contributed by atoms with Gasteiger partial charge in [-0.25, -0.2) is 0 Å². The third kappa shape index (κ3) is 1.44. The molecule has 0 spiro atoms. The number of hydrogen-bond acceptors (Lipinski definition) is 1. The summed E-state index contributed by atoms with van der Waals surface area (Å²) in [4.78, 5) is 0. The molecule has 0 amide bonds. The zero-order chi connectivity index (χ0) is 11.4. The molecule has 90 valence electrons. The monoisotopic (exact) mass is 227 g/mol. The number of benzene rings is 1. The maximum Gasteiger partial charge on any atom is 0.0376 e. The largest absolute Gasteiger partial charge is 0.384 e. The van der Waals surface area contributed by atoms with Gasteiger partial charge in [0.2, 0.25) is 0 Å². The average molecular weight is 227 g/mol. The van der Waals surface area contributed by atoms with Crippen LogP contribution in [0.3, 0.4) is 0 Å². The molecule has 4 rings (SSSR count). The van der Waals surface area contributed by atoms with Gasteiger partial charge in [0, 0.05) is 18.2 Å². The molecule has 3 aliphatic rings. The molecule has 0 aromatic heterocycles. The zero-order valence-electron chi connectivity index (χ0n) is 10.6. The van der Waals surface area contributed by atoms with E-state index < -0.39 is 0 Å². The van der Waals surface area contributed by atoms with Crippen LogP contribution in [0.25, 0.3) is 0 Å². The van der Waals surface area contributed by atoms with Crippen LogP contribution in [-0.4, -0.2) is 6.54 Å². The standard InChI is InChI=1S/C16H21N/c1-10-2-5-16-14(6-10)15(9-17-16)13-8-11-3-4-12(13)7-11/h2,5-6,11-13,15,17H,3-4,7-9H2,1H3. The normalized spacial score (nSPS) is 38.2. The van der Waals surface area contributed by atoms with Crippen LogP contribution in [0.5, 0.6) is 0 Å². The Balaban J connectivity index is 1.67. The van der Waals surface area contributed by atoms with Gasteiger partial charge < -0.3 is 5.32 Å². The highest BCUT2D eigenvalue weighted by atomic mass is 14.9. The lowest BCUT2D eigenvalue weighted by molar-refractivity contribution is 0.292. The van der Waals surface area contributed by atoms with Crippen LogP contribution in [0.2, 0.25) is 0 Å². The summed E-state index contributed by atoms with van der Waals surface area (Å²) in [5.74, 6) is 3.89. The fraction of sp³-hybridized carbons (Fsp3) is 0.625. The Bertz CT molecular complexity index is 451. The van der Waals surface area contributed by atoms with Gasteiger partial charge in [0.25, 0.3) is 0 Å². The molecule has 0 radical (unpaired) electrons. The predicted octanol–water partition coefficient (Wildman–Crippen LogP) is 3.94. The molecule has 1 aromatic rings. The molecule has 2 saturated carbocycles. The van der Waals surface area contributed by atoms with Crippen molar-refractivity contribution in [1.29, 1.82) is 0 Å². The van der Waals surface area contributed by atoms with E-state index in [-0.39, 0.29) is 0 Å². The Morgan fingerprint density at radius 1 is 1.18 bits per heavy atom. The molecule has 1 aliphatic heterocycles. The van der Waals surface area contributed by atoms with Gasteiger partial charge in [-0.15, -0.1) is 0 Å². The lowest BCUT2D eigenvalue weighted by Crippen LogP contribution is -2.20. The minimum atomic E-state index is 0.806. The predicted molar refractivity (Wildman–Crippen MR) is 71.3 cm³/mol. The third-order valence-corrected chi connectivity index (χ3v) is 5.43. The fourth-order valence-corrected chi connectivity index (χ4v) is 4.65. The Morgan fingerprint density at radius 3 is 2.88 bits per heavy atom. The van der Waals surface area contributed by atoms with Crippen LogP contribution in [0.1, 0.15) is 42.7 Å². The lowest BCUT2D eigenvalue weighted by atomic mass is 9.77. The molecule has 1 heterocycles. The van der Waals surface area contributed by atoms with Crippen molar-refractivity contribution >= 4 is 5.69 Å². The molecule has 1 N–H and O–H groups in total. The molecule has 1 heteroatoms. The zero-order valence-corrected chi connectivity index (χ0v) is 10.6. The van der Waals surface area contributed by atoms with E-state index in [0.29, 0.717) is 0 Å². The van der Waals surface area contributed by atoms with Crippen LogP contribution in [0.15, 0.2) is 18.2 Å². The van der Waals surface area contributed by atoms with Crippen LogP contribution in [0.4, 0.5) is 5.69 Å². The topological polar surface area (TPSA) is 12.0 Å². The van der Waals surface area contributed by atoms with E-state index in [1.807, 2.05) is 0 Å².